The van der Waals surface area contributed by atoms with Gasteiger partial charge < -0.3 is 4.90 Å². The van der Waals surface area contributed by atoms with E-state index in [2.05, 4.69) is 25.5 Å². The molecule has 118 valence electrons. The van der Waals surface area contributed by atoms with E-state index >= 15 is 0 Å². The molecule has 22 heavy (non-hydrogen) atoms. The number of likely N-dealkylation sites (tertiary alicyclic amines) is 1. The molecule has 3 heterocycles. The van der Waals surface area contributed by atoms with Gasteiger partial charge in [0.05, 0.1) is 34.2 Å². The zero-order valence-electron chi connectivity index (χ0n) is 13.2. The first kappa shape index (κ1) is 15.2. The first-order chi connectivity index (χ1) is 10.6. The molecule has 2 aromatic rings. The van der Waals surface area contributed by atoms with Gasteiger partial charge in [0.1, 0.15) is 0 Å². The molecule has 0 aliphatic carbocycles. The maximum absolute atomic E-state index is 12.3. The number of aryl methyl sites for hydroxylation is 1. The molecule has 0 bridgehead atoms. The van der Waals surface area contributed by atoms with Crippen LogP contribution in [0.3, 0.4) is 0 Å². The van der Waals surface area contributed by atoms with Gasteiger partial charge in [0.2, 0.25) is 0 Å². The summed E-state index contributed by atoms with van der Waals surface area (Å²) in [5, 5.41) is 10.4. The number of nitrogens with one attached hydrogen (secondary N) is 1. The van der Waals surface area contributed by atoms with E-state index in [1.165, 1.54) is 0 Å². The Morgan fingerprint density at radius 1 is 1.55 bits per heavy atom. The van der Waals surface area contributed by atoms with Crippen LogP contribution in [-0.4, -0.2) is 51.5 Å². The van der Waals surface area contributed by atoms with E-state index in [9.17, 15) is 4.79 Å². The van der Waals surface area contributed by atoms with Crippen LogP contribution < -0.4 is 0 Å². The van der Waals surface area contributed by atoms with Crippen LogP contribution in [0.4, 0.5) is 0 Å². The molecule has 1 aliphatic rings. The highest BCUT2D eigenvalue weighted by molar-refractivity contribution is 7.09. The average molecular weight is 319 g/mol. The summed E-state index contributed by atoms with van der Waals surface area (Å²) in [6, 6.07) is 0.211. The van der Waals surface area contributed by atoms with E-state index in [1.54, 1.807) is 36.5 Å². The lowest BCUT2D eigenvalue weighted by atomic mass is 10.1. The number of rotatable bonds is 4. The van der Waals surface area contributed by atoms with Crippen LogP contribution in [0.2, 0.25) is 0 Å². The van der Waals surface area contributed by atoms with E-state index in [4.69, 9.17) is 0 Å². The number of thiazole rings is 1. The number of aromatic nitrogens is 3. The van der Waals surface area contributed by atoms with Crippen molar-refractivity contribution in [1.29, 1.82) is 0 Å². The Morgan fingerprint density at radius 3 is 3.05 bits per heavy atom. The Labute approximate surface area is 134 Å². The van der Waals surface area contributed by atoms with E-state index in [0.29, 0.717) is 5.56 Å². The number of nitrogens with zero attached hydrogens (tertiary/aromatic N) is 4. The van der Waals surface area contributed by atoms with Gasteiger partial charge in [0.25, 0.3) is 5.91 Å². The highest BCUT2D eigenvalue weighted by Gasteiger charge is 2.31. The van der Waals surface area contributed by atoms with Gasteiger partial charge in [-0.25, -0.2) is 4.98 Å². The monoisotopic (exact) mass is 319 g/mol. The van der Waals surface area contributed by atoms with Crippen molar-refractivity contribution in [2.75, 3.05) is 20.6 Å². The number of hydrogen-bond donors (Lipinski definition) is 1. The molecular weight excluding hydrogens is 298 g/mol. The summed E-state index contributed by atoms with van der Waals surface area (Å²) >= 11 is 1.68. The van der Waals surface area contributed by atoms with Gasteiger partial charge in [0.15, 0.2) is 0 Å². The van der Waals surface area contributed by atoms with Crippen molar-refractivity contribution in [2.24, 2.45) is 0 Å². The Morgan fingerprint density at radius 2 is 2.36 bits per heavy atom. The SMILES string of the molecule is Cc1nc(CN2CCCC2c2[nH]ncc2C(=O)N(C)C)cs1. The predicted octanol–water partition coefficient (Wildman–Crippen LogP) is 2.21. The molecule has 1 N–H and O–H groups in total. The smallest absolute Gasteiger partial charge is 0.256 e. The van der Waals surface area contributed by atoms with Crippen molar-refractivity contribution < 1.29 is 4.79 Å². The molecule has 7 heteroatoms. The second-order valence-corrected chi connectivity index (χ2v) is 6.95. The summed E-state index contributed by atoms with van der Waals surface area (Å²) in [5.41, 5.74) is 2.72. The summed E-state index contributed by atoms with van der Waals surface area (Å²) in [5.74, 6) is 0.0000952. The standard InChI is InChI=1S/C15H21N5OS/c1-10-17-11(9-22-10)8-20-6-4-5-13(20)14-12(7-16-18-14)15(21)19(2)3/h7,9,13H,4-6,8H2,1-3H3,(H,16,18). The van der Waals surface area contributed by atoms with Crippen LogP contribution in [-0.2, 0) is 6.54 Å². The fourth-order valence-corrected chi connectivity index (χ4v) is 3.60. The summed E-state index contributed by atoms with van der Waals surface area (Å²) < 4.78 is 0. The topological polar surface area (TPSA) is 65.1 Å². The second-order valence-electron chi connectivity index (χ2n) is 5.88. The van der Waals surface area contributed by atoms with Gasteiger partial charge in [-0.3, -0.25) is 14.8 Å². The highest BCUT2D eigenvalue weighted by Crippen LogP contribution is 2.34. The Kier molecular flexibility index (Phi) is 4.26. The number of carbonyl (C=O) groups excluding carboxylic acids is 1. The van der Waals surface area contributed by atoms with Crippen molar-refractivity contribution in [3.8, 4) is 0 Å². The minimum atomic E-state index is 0.0000952. The van der Waals surface area contributed by atoms with E-state index < -0.39 is 0 Å². The summed E-state index contributed by atoms with van der Waals surface area (Å²) in [4.78, 5) is 20.8. The fourth-order valence-electron chi connectivity index (χ4n) is 2.99. The summed E-state index contributed by atoms with van der Waals surface area (Å²) in [6.07, 6.45) is 3.81. The van der Waals surface area contributed by atoms with Crippen LogP contribution >= 0.6 is 11.3 Å². The Bertz CT molecular complexity index is 662. The molecule has 0 saturated carbocycles. The second kappa shape index (κ2) is 6.18. The molecule has 1 aliphatic heterocycles. The minimum Gasteiger partial charge on any atom is -0.345 e. The molecule has 1 atom stereocenters. The number of hydrogen-bond acceptors (Lipinski definition) is 5. The fraction of sp³-hybridized carbons (Fsp3) is 0.533. The molecular formula is C15H21N5OS. The molecule has 6 nitrogen and oxygen atoms in total. The molecule has 3 rings (SSSR count). The average Bonchev–Trinajstić information content (AvgIpc) is 3.18. The van der Waals surface area contributed by atoms with Crippen LogP contribution in [0.15, 0.2) is 11.6 Å². The van der Waals surface area contributed by atoms with Gasteiger partial charge in [-0.2, -0.15) is 5.10 Å². The van der Waals surface area contributed by atoms with Crippen molar-refractivity contribution in [1.82, 2.24) is 25.0 Å². The molecule has 1 amide bonds. The third-order valence-corrected chi connectivity index (χ3v) is 4.86. The Hall–Kier alpha value is -1.73. The maximum Gasteiger partial charge on any atom is 0.256 e. The molecule has 0 aromatic carbocycles. The predicted molar refractivity (Wildman–Crippen MR) is 85.8 cm³/mol. The number of aromatic amines is 1. The molecule has 1 saturated heterocycles. The first-order valence-electron chi connectivity index (χ1n) is 7.46. The molecule has 2 aromatic heterocycles. The third-order valence-electron chi connectivity index (χ3n) is 4.03. The molecule has 0 spiro atoms. The molecule has 1 unspecified atom stereocenters. The zero-order valence-corrected chi connectivity index (χ0v) is 14.0. The number of H-pyrrole nitrogens is 1. The van der Waals surface area contributed by atoms with Crippen LogP contribution in [0, 0.1) is 6.92 Å². The number of carbonyl (C=O) groups is 1. The van der Waals surface area contributed by atoms with Crippen molar-refractivity contribution in [2.45, 2.75) is 32.4 Å². The lowest BCUT2D eigenvalue weighted by Gasteiger charge is -2.24. The van der Waals surface area contributed by atoms with E-state index in [0.717, 1.165) is 42.3 Å². The first-order valence-corrected chi connectivity index (χ1v) is 8.34. The molecule has 1 fully saturated rings. The minimum absolute atomic E-state index is 0.0000952. The van der Waals surface area contributed by atoms with E-state index in [1.807, 2.05) is 6.92 Å². The van der Waals surface area contributed by atoms with E-state index in [-0.39, 0.29) is 11.9 Å². The van der Waals surface area contributed by atoms with Crippen molar-refractivity contribution >= 4 is 17.2 Å². The van der Waals surface area contributed by atoms with Crippen molar-refractivity contribution in [3.63, 3.8) is 0 Å². The quantitative estimate of drug-likeness (QED) is 0.938. The Balaban J connectivity index is 1.81. The highest BCUT2D eigenvalue weighted by atomic mass is 32.1. The van der Waals surface area contributed by atoms with Gasteiger partial charge >= 0.3 is 0 Å². The van der Waals surface area contributed by atoms with Crippen molar-refractivity contribution in [3.05, 3.63) is 33.5 Å². The zero-order chi connectivity index (χ0) is 15.7. The van der Waals surface area contributed by atoms with Gasteiger partial charge in [-0.15, -0.1) is 11.3 Å². The number of amides is 1. The van der Waals surface area contributed by atoms with Gasteiger partial charge in [-0.1, -0.05) is 0 Å². The normalized spacial score (nSPS) is 18.8. The van der Waals surface area contributed by atoms with Crippen LogP contribution in [0.25, 0.3) is 0 Å². The lowest BCUT2D eigenvalue weighted by molar-refractivity contribution is 0.0824. The molecule has 0 radical (unpaired) electrons. The maximum atomic E-state index is 12.3. The third kappa shape index (κ3) is 2.91. The summed E-state index contributed by atoms with van der Waals surface area (Å²) in [6.45, 7) is 3.87. The van der Waals surface area contributed by atoms with Gasteiger partial charge in [0, 0.05) is 26.0 Å². The van der Waals surface area contributed by atoms with Crippen LogP contribution in [0.1, 0.15) is 45.6 Å². The summed E-state index contributed by atoms with van der Waals surface area (Å²) in [7, 11) is 3.53. The lowest BCUT2D eigenvalue weighted by Crippen LogP contribution is -2.27. The van der Waals surface area contributed by atoms with Crippen LogP contribution in [0.5, 0.6) is 0 Å². The largest absolute Gasteiger partial charge is 0.345 e. The van der Waals surface area contributed by atoms with Gasteiger partial charge in [-0.05, 0) is 26.3 Å².